The van der Waals surface area contributed by atoms with Gasteiger partial charge in [0, 0.05) is 55.0 Å². The van der Waals surface area contributed by atoms with E-state index in [2.05, 4.69) is 14.9 Å². The van der Waals surface area contributed by atoms with Crippen molar-refractivity contribution in [1.29, 1.82) is 0 Å². The van der Waals surface area contributed by atoms with Crippen LogP contribution >= 0.6 is 0 Å². The molecule has 1 atom stereocenters. The number of hydrogen-bond acceptors (Lipinski definition) is 7. The summed E-state index contributed by atoms with van der Waals surface area (Å²) in [4.78, 5) is 21.9. The number of aromatic nitrogens is 2. The number of fused-ring (bicyclic) bond motifs is 1. The average molecular weight is 524 g/mol. The Morgan fingerprint density at radius 1 is 1.16 bits per heavy atom. The van der Waals surface area contributed by atoms with Gasteiger partial charge in [-0.15, -0.1) is 0 Å². The molecule has 2 aromatic rings. The smallest absolute Gasteiger partial charge is 0.389 e. The molecule has 0 bridgehead atoms. The first-order valence-electron chi connectivity index (χ1n) is 12.5. The normalized spacial score (nSPS) is 18.2. The molecule has 0 aromatic carbocycles. The van der Waals surface area contributed by atoms with E-state index in [1.54, 1.807) is 24.5 Å². The number of carboxylic acid groups (broad SMARTS) is 1. The van der Waals surface area contributed by atoms with Crippen molar-refractivity contribution in [2.24, 2.45) is 5.92 Å². The number of anilines is 1. The first-order chi connectivity index (χ1) is 17.7. The zero-order valence-corrected chi connectivity index (χ0v) is 20.8. The molecule has 202 valence electrons. The molecule has 4 rings (SSSR count). The van der Waals surface area contributed by atoms with E-state index in [-0.39, 0.29) is 24.7 Å². The van der Waals surface area contributed by atoms with E-state index < -0.39 is 18.6 Å². The van der Waals surface area contributed by atoms with Crippen LogP contribution in [0.2, 0.25) is 0 Å². The Kier molecular flexibility index (Phi) is 8.60. The van der Waals surface area contributed by atoms with E-state index in [0.717, 1.165) is 42.7 Å². The lowest BCUT2D eigenvalue weighted by molar-refractivity contribution is -0.138. The molecule has 1 saturated heterocycles. The minimum absolute atomic E-state index is 0.0148. The molecule has 1 unspecified atom stereocenters. The number of carbonyl (C=O) groups is 1. The molecule has 0 radical (unpaired) electrons. The molecular weight excluding hydrogens is 491 g/mol. The van der Waals surface area contributed by atoms with Crippen LogP contribution in [0, 0.1) is 5.92 Å². The first-order valence-corrected chi connectivity index (χ1v) is 12.5. The Labute approximate surface area is 213 Å². The molecule has 0 aliphatic carbocycles. The molecule has 0 amide bonds. The van der Waals surface area contributed by atoms with Crippen LogP contribution in [0.5, 0.6) is 17.5 Å². The van der Waals surface area contributed by atoms with Crippen LogP contribution in [-0.2, 0) is 11.2 Å². The van der Waals surface area contributed by atoms with E-state index >= 15 is 0 Å². The third-order valence-electron chi connectivity index (χ3n) is 6.93. The Bertz CT molecular complexity index is 1070. The standard InChI is InChI=1S/C26H32F3N3O5/c1-35-23-13-21(19(14-30-23)3-2-7-26(27,28)29)32-8-4-17(5-9-32)16-37-24-12-20-18(11-25(33)34)6-10-36-22(20)15-31-24/h12-15,17-18H,2-11,16H2,1H3,(H,33,34). The monoisotopic (exact) mass is 523 g/mol. The highest BCUT2D eigenvalue weighted by molar-refractivity contribution is 5.68. The number of piperidine rings is 1. The number of nitrogens with zero attached hydrogens (tertiary/aromatic N) is 3. The summed E-state index contributed by atoms with van der Waals surface area (Å²) in [5.74, 6) is 0.808. The lowest BCUT2D eigenvalue weighted by Crippen LogP contribution is -2.36. The molecule has 8 nitrogen and oxygen atoms in total. The lowest BCUT2D eigenvalue weighted by Gasteiger charge is -2.34. The van der Waals surface area contributed by atoms with Crippen molar-refractivity contribution in [3.8, 4) is 17.5 Å². The molecule has 0 spiro atoms. The zero-order valence-electron chi connectivity index (χ0n) is 20.8. The average Bonchev–Trinajstić information content (AvgIpc) is 2.87. The quantitative estimate of drug-likeness (QED) is 0.465. The van der Waals surface area contributed by atoms with Crippen molar-refractivity contribution in [1.82, 2.24) is 9.97 Å². The van der Waals surface area contributed by atoms with Gasteiger partial charge in [0.1, 0.15) is 5.75 Å². The van der Waals surface area contributed by atoms with Gasteiger partial charge in [-0.25, -0.2) is 9.97 Å². The third kappa shape index (κ3) is 7.39. The van der Waals surface area contributed by atoms with Gasteiger partial charge >= 0.3 is 12.1 Å². The summed E-state index contributed by atoms with van der Waals surface area (Å²) in [5, 5.41) is 9.21. The van der Waals surface area contributed by atoms with Crippen LogP contribution in [0.1, 0.15) is 55.6 Å². The van der Waals surface area contributed by atoms with Crippen LogP contribution < -0.4 is 19.1 Å². The van der Waals surface area contributed by atoms with Crippen molar-refractivity contribution in [3.63, 3.8) is 0 Å². The molecule has 1 N–H and O–H groups in total. The maximum atomic E-state index is 12.6. The van der Waals surface area contributed by atoms with E-state index in [4.69, 9.17) is 14.2 Å². The number of carboxylic acids is 1. The molecule has 2 aromatic heterocycles. The number of ether oxygens (including phenoxy) is 3. The van der Waals surface area contributed by atoms with Gasteiger partial charge in [-0.2, -0.15) is 13.2 Å². The van der Waals surface area contributed by atoms with Crippen molar-refractivity contribution in [2.75, 3.05) is 38.3 Å². The Morgan fingerprint density at radius 2 is 1.92 bits per heavy atom. The number of methoxy groups -OCH3 is 1. The summed E-state index contributed by atoms with van der Waals surface area (Å²) in [6.07, 6.45) is 0.904. The van der Waals surface area contributed by atoms with Crippen LogP contribution in [-0.4, -0.2) is 60.6 Å². The number of hydrogen-bond donors (Lipinski definition) is 1. The van der Waals surface area contributed by atoms with Crippen LogP contribution in [0.25, 0.3) is 0 Å². The molecule has 11 heteroatoms. The first kappa shape index (κ1) is 26.8. The van der Waals surface area contributed by atoms with E-state index in [9.17, 15) is 23.1 Å². The van der Waals surface area contributed by atoms with Crippen molar-refractivity contribution in [3.05, 3.63) is 35.7 Å². The largest absolute Gasteiger partial charge is 0.492 e. The van der Waals surface area contributed by atoms with Gasteiger partial charge in [-0.05, 0) is 43.6 Å². The molecule has 4 heterocycles. The molecular formula is C26H32F3N3O5. The molecule has 2 aliphatic heterocycles. The van der Waals surface area contributed by atoms with Gasteiger partial charge in [0.25, 0.3) is 0 Å². The summed E-state index contributed by atoms with van der Waals surface area (Å²) in [6, 6.07) is 3.58. The second-order valence-corrected chi connectivity index (χ2v) is 9.56. The Balaban J connectivity index is 1.34. The van der Waals surface area contributed by atoms with Crippen LogP contribution in [0.15, 0.2) is 24.5 Å². The predicted octanol–water partition coefficient (Wildman–Crippen LogP) is 5.01. The number of alkyl halides is 3. The van der Waals surface area contributed by atoms with E-state index in [1.807, 2.05) is 0 Å². The van der Waals surface area contributed by atoms with Gasteiger partial charge in [0.2, 0.25) is 11.8 Å². The number of aryl methyl sites for hydroxylation is 1. The minimum atomic E-state index is -4.17. The lowest BCUT2D eigenvalue weighted by atomic mass is 9.91. The number of aliphatic carboxylic acids is 1. The van der Waals surface area contributed by atoms with Crippen molar-refractivity contribution < 1.29 is 37.3 Å². The maximum absolute atomic E-state index is 12.6. The fourth-order valence-corrected chi connectivity index (χ4v) is 4.92. The Hall–Kier alpha value is -3.24. The van der Waals surface area contributed by atoms with Crippen molar-refractivity contribution in [2.45, 2.75) is 57.0 Å². The zero-order chi connectivity index (χ0) is 26.4. The molecule has 37 heavy (non-hydrogen) atoms. The van der Waals surface area contributed by atoms with E-state index in [0.29, 0.717) is 43.6 Å². The SMILES string of the molecule is COc1cc(N2CCC(COc3cc4c(cn3)OCCC4CC(=O)O)CC2)c(CCCC(F)(F)F)cn1. The summed E-state index contributed by atoms with van der Waals surface area (Å²) >= 11 is 0. The minimum Gasteiger partial charge on any atom is -0.492 e. The van der Waals surface area contributed by atoms with Crippen LogP contribution in [0.4, 0.5) is 18.9 Å². The molecule has 0 saturated carbocycles. The number of rotatable bonds is 10. The van der Waals surface area contributed by atoms with Gasteiger partial charge in [-0.1, -0.05) is 0 Å². The topological polar surface area (TPSA) is 94.0 Å². The highest BCUT2D eigenvalue weighted by atomic mass is 19.4. The third-order valence-corrected chi connectivity index (χ3v) is 6.93. The predicted molar refractivity (Wildman–Crippen MR) is 130 cm³/mol. The summed E-state index contributed by atoms with van der Waals surface area (Å²) in [6.45, 7) is 2.42. The fourth-order valence-electron chi connectivity index (χ4n) is 4.92. The highest BCUT2D eigenvalue weighted by Crippen LogP contribution is 2.37. The maximum Gasteiger partial charge on any atom is 0.389 e. The number of halogens is 3. The van der Waals surface area contributed by atoms with Crippen LogP contribution in [0.3, 0.4) is 0 Å². The molecule has 2 aliphatic rings. The van der Waals surface area contributed by atoms with Crippen molar-refractivity contribution >= 4 is 11.7 Å². The summed E-state index contributed by atoms with van der Waals surface area (Å²) in [5.41, 5.74) is 2.48. The molecule has 1 fully saturated rings. The Morgan fingerprint density at radius 3 is 2.62 bits per heavy atom. The van der Waals surface area contributed by atoms with Gasteiger partial charge in [-0.3, -0.25) is 4.79 Å². The second kappa shape index (κ2) is 11.9. The highest BCUT2D eigenvalue weighted by Gasteiger charge is 2.28. The summed E-state index contributed by atoms with van der Waals surface area (Å²) in [7, 11) is 1.52. The number of pyridine rings is 2. The fraction of sp³-hybridized carbons (Fsp3) is 0.577. The second-order valence-electron chi connectivity index (χ2n) is 9.56. The van der Waals surface area contributed by atoms with Gasteiger partial charge in [0.15, 0.2) is 0 Å². The van der Waals surface area contributed by atoms with E-state index in [1.165, 1.54) is 7.11 Å². The summed E-state index contributed by atoms with van der Waals surface area (Å²) < 4.78 is 54.7. The van der Waals surface area contributed by atoms with Gasteiger partial charge < -0.3 is 24.2 Å². The van der Waals surface area contributed by atoms with Gasteiger partial charge in [0.05, 0.1) is 32.9 Å².